The Morgan fingerprint density at radius 1 is 1.08 bits per heavy atom. The lowest BCUT2D eigenvalue weighted by Crippen LogP contribution is -2.31. The van der Waals surface area contributed by atoms with Crippen molar-refractivity contribution in [2.45, 2.75) is 38.5 Å². The van der Waals surface area contributed by atoms with Crippen LogP contribution < -0.4 is 4.57 Å². The molecule has 4 rings (SSSR count). The van der Waals surface area contributed by atoms with Crippen molar-refractivity contribution in [2.24, 2.45) is 7.05 Å². The van der Waals surface area contributed by atoms with Gasteiger partial charge in [-0.05, 0) is 72.1 Å². The molecule has 1 saturated carbocycles. The second-order valence-corrected chi connectivity index (χ2v) is 6.92. The van der Waals surface area contributed by atoms with E-state index in [0.29, 0.717) is 5.92 Å². The molecule has 0 amide bonds. The van der Waals surface area contributed by atoms with Crippen molar-refractivity contribution in [3.8, 4) is 11.3 Å². The van der Waals surface area contributed by atoms with Gasteiger partial charge in [-0.15, -0.1) is 0 Å². The van der Waals surface area contributed by atoms with Crippen LogP contribution in [0.5, 0.6) is 0 Å². The van der Waals surface area contributed by atoms with E-state index in [9.17, 15) is 4.39 Å². The highest BCUT2D eigenvalue weighted by atomic mass is 19.1. The predicted octanol–water partition coefficient (Wildman–Crippen LogP) is 4.83. The van der Waals surface area contributed by atoms with Crippen molar-refractivity contribution in [1.82, 2.24) is 4.98 Å². The zero-order valence-electron chi connectivity index (χ0n) is 14.2. The van der Waals surface area contributed by atoms with Crippen LogP contribution in [0.2, 0.25) is 0 Å². The summed E-state index contributed by atoms with van der Waals surface area (Å²) >= 11 is 0. The molecule has 1 heterocycles. The van der Waals surface area contributed by atoms with Gasteiger partial charge < -0.3 is 0 Å². The Morgan fingerprint density at radius 3 is 2.62 bits per heavy atom. The number of rotatable bonds is 2. The quantitative estimate of drug-likeness (QED) is 0.618. The molecule has 1 fully saturated rings. The second kappa shape index (κ2) is 5.97. The number of nitrogens with zero attached hydrogens (tertiary/aromatic N) is 2. The fraction of sp³-hybridized carbons (Fsp3) is 0.333. The molecular formula is C21H22FN2+. The number of hydrogen-bond acceptors (Lipinski definition) is 1. The van der Waals surface area contributed by atoms with Gasteiger partial charge in [0.2, 0.25) is 0 Å². The maximum absolute atomic E-state index is 13.5. The zero-order valence-corrected chi connectivity index (χ0v) is 14.2. The van der Waals surface area contributed by atoms with Gasteiger partial charge in [0.25, 0.3) is 6.33 Å². The third-order valence-electron chi connectivity index (χ3n) is 5.27. The monoisotopic (exact) mass is 321 g/mol. The molecule has 0 spiro atoms. The number of halogens is 1. The van der Waals surface area contributed by atoms with Crippen molar-refractivity contribution >= 4 is 10.9 Å². The minimum absolute atomic E-state index is 0.191. The number of aromatic nitrogens is 2. The Labute approximate surface area is 142 Å². The van der Waals surface area contributed by atoms with Crippen LogP contribution >= 0.6 is 0 Å². The first kappa shape index (κ1) is 15.3. The van der Waals surface area contributed by atoms with Crippen LogP contribution in [-0.2, 0) is 7.05 Å². The minimum Gasteiger partial charge on any atom is -0.232 e. The van der Waals surface area contributed by atoms with E-state index in [0.717, 1.165) is 27.7 Å². The Morgan fingerprint density at radius 2 is 1.88 bits per heavy atom. The first-order chi connectivity index (χ1) is 11.6. The Kier molecular flexibility index (Phi) is 3.79. The van der Waals surface area contributed by atoms with Crippen LogP contribution in [0.25, 0.3) is 22.2 Å². The summed E-state index contributed by atoms with van der Waals surface area (Å²) < 4.78 is 15.6. The van der Waals surface area contributed by atoms with Crippen molar-refractivity contribution in [2.75, 3.05) is 0 Å². The summed E-state index contributed by atoms with van der Waals surface area (Å²) in [4.78, 5) is 4.57. The number of fused-ring (bicyclic) bond motifs is 1. The van der Waals surface area contributed by atoms with Crippen LogP contribution in [0.4, 0.5) is 4.39 Å². The van der Waals surface area contributed by atoms with Crippen molar-refractivity contribution in [3.63, 3.8) is 0 Å². The van der Waals surface area contributed by atoms with E-state index in [1.165, 1.54) is 37.3 Å². The van der Waals surface area contributed by atoms with Crippen molar-refractivity contribution < 1.29 is 8.96 Å². The number of benzene rings is 2. The normalized spacial score (nSPS) is 15.3. The molecule has 3 aromatic rings. The van der Waals surface area contributed by atoms with Crippen LogP contribution in [-0.4, -0.2) is 4.98 Å². The van der Waals surface area contributed by atoms with E-state index in [1.807, 2.05) is 30.9 Å². The summed E-state index contributed by atoms with van der Waals surface area (Å²) in [6.45, 7) is 1.96. The number of hydrogen-bond donors (Lipinski definition) is 0. The lowest BCUT2D eigenvalue weighted by molar-refractivity contribution is -0.662. The fourth-order valence-corrected chi connectivity index (χ4v) is 3.99. The maximum atomic E-state index is 13.5. The molecule has 122 valence electrons. The summed E-state index contributed by atoms with van der Waals surface area (Å²) in [5, 5.41) is 1.15. The van der Waals surface area contributed by atoms with Crippen LogP contribution in [0.1, 0.15) is 42.7 Å². The highest BCUT2D eigenvalue weighted by Gasteiger charge is 2.21. The molecule has 2 nitrogen and oxygen atoms in total. The average Bonchev–Trinajstić information content (AvgIpc) is 3.10. The van der Waals surface area contributed by atoms with Crippen molar-refractivity contribution in [1.29, 1.82) is 0 Å². The molecule has 0 saturated heterocycles. The third kappa shape index (κ3) is 2.58. The van der Waals surface area contributed by atoms with E-state index >= 15 is 0 Å². The first-order valence-corrected chi connectivity index (χ1v) is 8.68. The highest BCUT2D eigenvalue weighted by Crippen LogP contribution is 2.36. The van der Waals surface area contributed by atoms with Gasteiger partial charge in [0.15, 0.2) is 5.52 Å². The molecule has 0 unspecified atom stereocenters. The summed E-state index contributed by atoms with van der Waals surface area (Å²) in [5.74, 6) is 0.478. The molecule has 24 heavy (non-hydrogen) atoms. The summed E-state index contributed by atoms with van der Waals surface area (Å²) in [7, 11) is 2.01. The van der Waals surface area contributed by atoms with E-state index < -0.39 is 0 Å². The van der Waals surface area contributed by atoms with Crippen LogP contribution in [0.15, 0.2) is 42.7 Å². The standard InChI is InChI=1S/C21H22FN2/c1-14-11-17(22)8-9-18(14)21-19-12-16(15-5-3-4-6-15)7-10-20(19)23-13-24(21)2/h7-13,15H,3-6H2,1-2H3/q+1. The van der Waals surface area contributed by atoms with E-state index in [2.05, 4.69) is 23.2 Å². The minimum atomic E-state index is -0.191. The molecule has 0 atom stereocenters. The van der Waals surface area contributed by atoms with E-state index in [1.54, 1.807) is 6.07 Å². The van der Waals surface area contributed by atoms with E-state index in [4.69, 9.17) is 0 Å². The topological polar surface area (TPSA) is 16.8 Å². The van der Waals surface area contributed by atoms with E-state index in [-0.39, 0.29) is 5.82 Å². The Balaban J connectivity index is 1.95. The van der Waals surface area contributed by atoms with Gasteiger partial charge in [-0.3, -0.25) is 0 Å². The first-order valence-electron chi connectivity index (χ1n) is 8.68. The van der Waals surface area contributed by atoms with Gasteiger partial charge in [0.1, 0.15) is 11.5 Å². The Hall–Kier alpha value is -2.29. The van der Waals surface area contributed by atoms with Gasteiger partial charge in [-0.2, -0.15) is 0 Å². The summed E-state index contributed by atoms with van der Waals surface area (Å²) in [5.41, 5.74) is 5.53. The largest absolute Gasteiger partial charge is 0.287 e. The second-order valence-electron chi connectivity index (χ2n) is 6.92. The molecular weight excluding hydrogens is 299 g/mol. The molecule has 3 heteroatoms. The molecule has 0 N–H and O–H groups in total. The maximum Gasteiger partial charge on any atom is 0.287 e. The zero-order chi connectivity index (χ0) is 16.7. The van der Waals surface area contributed by atoms with Crippen LogP contribution in [0, 0.1) is 12.7 Å². The Bertz CT molecular complexity index is 911. The molecule has 1 aromatic heterocycles. The number of aryl methyl sites for hydroxylation is 2. The van der Waals surface area contributed by atoms with Gasteiger partial charge in [-0.25, -0.2) is 8.96 Å². The van der Waals surface area contributed by atoms with Gasteiger partial charge in [-0.1, -0.05) is 18.9 Å². The molecule has 0 radical (unpaired) electrons. The van der Waals surface area contributed by atoms with Crippen LogP contribution in [0.3, 0.4) is 0 Å². The molecule has 2 aromatic carbocycles. The average molecular weight is 321 g/mol. The fourth-order valence-electron chi connectivity index (χ4n) is 3.99. The lowest BCUT2D eigenvalue weighted by atomic mass is 9.94. The smallest absolute Gasteiger partial charge is 0.232 e. The molecule has 1 aliphatic carbocycles. The molecule has 1 aliphatic rings. The summed E-state index contributed by atoms with van der Waals surface area (Å²) in [6, 6.07) is 11.7. The predicted molar refractivity (Wildman–Crippen MR) is 94.3 cm³/mol. The van der Waals surface area contributed by atoms with Gasteiger partial charge in [0, 0.05) is 5.56 Å². The van der Waals surface area contributed by atoms with Gasteiger partial charge >= 0.3 is 0 Å². The third-order valence-corrected chi connectivity index (χ3v) is 5.27. The highest BCUT2D eigenvalue weighted by molar-refractivity contribution is 5.91. The lowest BCUT2D eigenvalue weighted by Gasteiger charge is -2.12. The summed E-state index contributed by atoms with van der Waals surface area (Å²) in [6.07, 6.45) is 7.06. The molecule has 0 bridgehead atoms. The van der Waals surface area contributed by atoms with Gasteiger partial charge in [0.05, 0.1) is 12.4 Å². The van der Waals surface area contributed by atoms with Crippen molar-refractivity contribution in [3.05, 3.63) is 59.7 Å². The SMILES string of the molecule is Cc1cc(F)ccc1-c1c2cc(C3CCCC3)ccc2nc[n+]1C. The molecule has 0 aliphatic heterocycles.